The van der Waals surface area contributed by atoms with Crippen molar-refractivity contribution in [3.8, 4) is 0 Å². The molecule has 3 heterocycles. The number of nitrogens with zero attached hydrogens (tertiary/aromatic N) is 3. The van der Waals surface area contributed by atoms with Crippen LogP contribution >= 0.6 is 0 Å². The van der Waals surface area contributed by atoms with Gasteiger partial charge < -0.3 is 9.47 Å². The van der Waals surface area contributed by atoms with E-state index in [1.165, 1.54) is 11.1 Å². The Kier molecular flexibility index (Phi) is 5.10. The van der Waals surface area contributed by atoms with Crippen molar-refractivity contribution < 1.29 is 14.4 Å². The quantitative estimate of drug-likeness (QED) is 0.478. The second-order valence-electron chi connectivity index (χ2n) is 7.88. The summed E-state index contributed by atoms with van der Waals surface area (Å²) < 4.78 is 2.02. The SMILES string of the molecule is Cn1cc(C2c3ccccc3C(=O)N2CC(=O)NNC(=O)c2cccnc2)c2ccccc21. The van der Waals surface area contributed by atoms with E-state index in [2.05, 4.69) is 15.8 Å². The average molecular weight is 439 g/mol. The van der Waals surface area contributed by atoms with Crippen molar-refractivity contribution in [2.24, 2.45) is 7.05 Å². The van der Waals surface area contributed by atoms with E-state index >= 15 is 0 Å². The topological polar surface area (TPSA) is 96.3 Å². The number of rotatable bonds is 4. The Labute approximate surface area is 189 Å². The number of nitrogens with one attached hydrogen (secondary N) is 2. The Morgan fingerprint density at radius 2 is 1.76 bits per heavy atom. The van der Waals surface area contributed by atoms with Crippen LogP contribution in [0.2, 0.25) is 0 Å². The number of amides is 3. The molecule has 2 aromatic heterocycles. The Hall–Kier alpha value is -4.46. The first kappa shape index (κ1) is 20.4. The Morgan fingerprint density at radius 3 is 2.58 bits per heavy atom. The van der Waals surface area contributed by atoms with Crippen LogP contribution in [0.3, 0.4) is 0 Å². The first-order valence-corrected chi connectivity index (χ1v) is 10.5. The molecule has 4 aromatic rings. The zero-order valence-electron chi connectivity index (χ0n) is 17.9. The highest BCUT2D eigenvalue weighted by Gasteiger charge is 2.39. The first-order chi connectivity index (χ1) is 16.0. The molecule has 0 saturated heterocycles. The molecule has 0 radical (unpaired) electrons. The maximum atomic E-state index is 13.3. The van der Waals surface area contributed by atoms with E-state index in [1.54, 1.807) is 24.4 Å². The number of benzene rings is 2. The molecule has 1 aliphatic heterocycles. The van der Waals surface area contributed by atoms with E-state index in [4.69, 9.17) is 0 Å². The molecule has 0 saturated carbocycles. The van der Waals surface area contributed by atoms with Gasteiger partial charge in [-0.2, -0.15) is 0 Å². The number of aromatic nitrogens is 2. The van der Waals surface area contributed by atoms with Crippen LogP contribution in [0, 0.1) is 0 Å². The fraction of sp³-hybridized carbons (Fsp3) is 0.120. The third kappa shape index (κ3) is 3.61. The van der Waals surface area contributed by atoms with Crippen molar-refractivity contribution in [2.45, 2.75) is 6.04 Å². The summed E-state index contributed by atoms with van der Waals surface area (Å²) in [5, 5.41) is 1.02. The van der Waals surface area contributed by atoms with Crippen molar-refractivity contribution in [1.29, 1.82) is 0 Å². The molecule has 164 valence electrons. The molecule has 3 amide bonds. The molecule has 1 aliphatic rings. The van der Waals surface area contributed by atoms with Gasteiger partial charge in [-0.05, 0) is 29.8 Å². The van der Waals surface area contributed by atoms with Gasteiger partial charge in [0.2, 0.25) is 0 Å². The maximum absolute atomic E-state index is 13.3. The summed E-state index contributed by atoms with van der Waals surface area (Å²) in [6.07, 6.45) is 4.96. The number of para-hydroxylation sites is 1. The molecule has 2 N–H and O–H groups in total. The van der Waals surface area contributed by atoms with Crippen LogP contribution in [-0.4, -0.2) is 38.7 Å². The van der Waals surface area contributed by atoms with Crippen molar-refractivity contribution in [2.75, 3.05) is 6.54 Å². The standard InChI is InChI=1S/C25H21N5O3/c1-29-14-20(17-8-4-5-11-21(17)29)23-18-9-2-3-10-19(18)25(33)30(23)15-22(31)27-28-24(32)16-7-6-12-26-13-16/h2-14,23H,15H2,1H3,(H,27,31)(H,28,32). The number of hydrazine groups is 1. The molecule has 1 unspecified atom stereocenters. The predicted octanol–water partition coefficient (Wildman–Crippen LogP) is 2.58. The third-order valence-corrected chi connectivity index (χ3v) is 5.83. The van der Waals surface area contributed by atoms with Gasteiger partial charge in [-0.3, -0.25) is 30.2 Å². The molecule has 8 nitrogen and oxygen atoms in total. The maximum Gasteiger partial charge on any atom is 0.271 e. The van der Waals surface area contributed by atoms with E-state index in [0.717, 1.165) is 22.0 Å². The largest absolute Gasteiger partial charge is 0.350 e. The number of carbonyl (C=O) groups is 3. The van der Waals surface area contributed by atoms with Crippen LogP contribution < -0.4 is 10.9 Å². The lowest BCUT2D eigenvalue weighted by molar-refractivity contribution is -0.122. The van der Waals surface area contributed by atoms with Crippen LogP contribution in [0.1, 0.15) is 37.9 Å². The minimum atomic E-state index is -0.501. The molecule has 0 aliphatic carbocycles. The van der Waals surface area contributed by atoms with Gasteiger partial charge in [0.05, 0.1) is 11.6 Å². The Bertz CT molecular complexity index is 1380. The Balaban J connectivity index is 1.43. The summed E-state index contributed by atoms with van der Waals surface area (Å²) in [4.78, 5) is 43.6. The monoisotopic (exact) mass is 439 g/mol. The number of pyridine rings is 1. The summed E-state index contributed by atoms with van der Waals surface area (Å²) in [5.41, 5.74) is 8.50. The van der Waals surface area contributed by atoms with Gasteiger partial charge in [-0.15, -0.1) is 0 Å². The summed E-state index contributed by atoms with van der Waals surface area (Å²) in [7, 11) is 1.96. The molecule has 5 rings (SSSR count). The number of fused-ring (bicyclic) bond motifs is 2. The minimum absolute atomic E-state index is 0.214. The highest BCUT2D eigenvalue weighted by molar-refractivity contribution is 6.03. The highest BCUT2D eigenvalue weighted by Crippen LogP contribution is 2.41. The number of hydrogen-bond donors (Lipinski definition) is 2. The highest BCUT2D eigenvalue weighted by atomic mass is 16.2. The second kappa shape index (κ2) is 8.23. The molecule has 1 atom stereocenters. The lowest BCUT2D eigenvalue weighted by Crippen LogP contribution is -2.47. The fourth-order valence-corrected chi connectivity index (χ4v) is 4.35. The summed E-state index contributed by atoms with van der Waals surface area (Å²) in [5.74, 6) is -1.21. The second-order valence-corrected chi connectivity index (χ2v) is 7.88. The van der Waals surface area contributed by atoms with E-state index in [0.29, 0.717) is 11.1 Å². The smallest absolute Gasteiger partial charge is 0.271 e. The summed E-state index contributed by atoms with van der Waals surface area (Å²) >= 11 is 0. The predicted molar refractivity (Wildman–Crippen MR) is 122 cm³/mol. The van der Waals surface area contributed by atoms with Crippen molar-refractivity contribution in [1.82, 2.24) is 25.3 Å². The molecule has 33 heavy (non-hydrogen) atoms. The first-order valence-electron chi connectivity index (χ1n) is 10.5. The van der Waals surface area contributed by atoms with Gasteiger partial charge in [0.15, 0.2) is 0 Å². The number of aryl methyl sites for hydroxylation is 1. The van der Waals surface area contributed by atoms with Gasteiger partial charge in [0.1, 0.15) is 6.54 Å². The van der Waals surface area contributed by atoms with E-state index in [1.807, 2.05) is 60.3 Å². The van der Waals surface area contributed by atoms with Crippen LogP contribution in [0.25, 0.3) is 10.9 Å². The zero-order chi connectivity index (χ0) is 22.9. The van der Waals surface area contributed by atoms with Crippen molar-refractivity contribution >= 4 is 28.6 Å². The lowest BCUT2D eigenvalue weighted by Gasteiger charge is -2.25. The minimum Gasteiger partial charge on any atom is -0.350 e. The van der Waals surface area contributed by atoms with Gasteiger partial charge in [0.25, 0.3) is 17.7 Å². The van der Waals surface area contributed by atoms with Gasteiger partial charge in [0, 0.05) is 47.7 Å². The van der Waals surface area contributed by atoms with Crippen LogP contribution in [0.15, 0.2) is 79.3 Å². The molecule has 0 spiro atoms. The molecule has 2 aromatic carbocycles. The number of carbonyl (C=O) groups excluding carboxylic acids is 3. The Morgan fingerprint density at radius 1 is 0.970 bits per heavy atom. The third-order valence-electron chi connectivity index (χ3n) is 5.83. The van der Waals surface area contributed by atoms with Crippen molar-refractivity contribution in [3.63, 3.8) is 0 Å². The zero-order valence-corrected chi connectivity index (χ0v) is 17.9. The van der Waals surface area contributed by atoms with Gasteiger partial charge in [-0.25, -0.2) is 0 Å². The van der Waals surface area contributed by atoms with E-state index in [-0.39, 0.29) is 12.5 Å². The molecule has 8 heteroatoms. The number of hydrogen-bond acceptors (Lipinski definition) is 4. The summed E-state index contributed by atoms with van der Waals surface area (Å²) in [6.45, 7) is -0.214. The van der Waals surface area contributed by atoms with E-state index in [9.17, 15) is 14.4 Å². The van der Waals surface area contributed by atoms with Crippen LogP contribution in [0.4, 0.5) is 0 Å². The van der Waals surface area contributed by atoms with Gasteiger partial charge in [-0.1, -0.05) is 36.4 Å². The van der Waals surface area contributed by atoms with Crippen LogP contribution in [-0.2, 0) is 11.8 Å². The molecular formula is C25H21N5O3. The van der Waals surface area contributed by atoms with Gasteiger partial charge >= 0.3 is 0 Å². The molecule has 0 fully saturated rings. The normalized spacial score (nSPS) is 14.9. The summed E-state index contributed by atoms with van der Waals surface area (Å²) in [6, 6.07) is 18.2. The fourth-order valence-electron chi connectivity index (χ4n) is 4.35. The molecular weight excluding hydrogens is 418 g/mol. The lowest BCUT2D eigenvalue weighted by atomic mass is 9.97. The average Bonchev–Trinajstić information content (AvgIpc) is 3.32. The van der Waals surface area contributed by atoms with E-state index < -0.39 is 17.9 Å². The van der Waals surface area contributed by atoms with Crippen LogP contribution in [0.5, 0.6) is 0 Å². The molecule has 0 bridgehead atoms. The van der Waals surface area contributed by atoms with Crippen molar-refractivity contribution in [3.05, 3.63) is 102 Å².